The molecule has 0 amide bonds. The minimum absolute atomic E-state index is 1.21. The number of nitrogens with one attached hydrogen (secondary N) is 1. The maximum Gasteiger partial charge on any atom is -0.00358 e. The largest absolute Gasteiger partial charge is 0.368 e. The normalized spacial score (nSPS) is 11.7. The average Bonchev–Trinajstić information content (AvgIpc) is 2.50. The Labute approximate surface area is 134 Å². The second-order valence-corrected chi connectivity index (χ2v) is 6.08. The molecule has 0 aliphatic heterocycles. The summed E-state index contributed by atoms with van der Waals surface area (Å²) in [6.07, 6.45) is 27.7. The van der Waals surface area contributed by atoms with Crippen molar-refractivity contribution in [3.8, 4) is 0 Å². The van der Waals surface area contributed by atoms with Crippen molar-refractivity contribution in [2.45, 2.75) is 104 Å². The third-order valence-corrected chi connectivity index (χ3v) is 3.88. The monoisotopic (exact) mass is 293 g/mol. The molecule has 0 saturated carbocycles. The molecule has 0 aromatic heterocycles. The zero-order valence-corrected chi connectivity index (χ0v) is 14.7. The van der Waals surface area contributed by atoms with Crippen LogP contribution in [0.5, 0.6) is 0 Å². The van der Waals surface area contributed by atoms with Gasteiger partial charge in [-0.2, -0.15) is 0 Å². The molecular weight excluding hydrogens is 254 g/mol. The summed E-state index contributed by atoms with van der Waals surface area (Å²) in [6, 6.07) is 0. The van der Waals surface area contributed by atoms with Gasteiger partial charge in [-0.1, -0.05) is 90.2 Å². The van der Waals surface area contributed by atoms with E-state index in [9.17, 15) is 0 Å². The zero-order chi connectivity index (χ0) is 15.4. The third kappa shape index (κ3) is 19.3. The van der Waals surface area contributed by atoms with Crippen molar-refractivity contribution in [2.75, 3.05) is 0 Å². The highest BCUT2D eigenvalue weighted by atomic mass is 14.8. The van der Waals surface area contributed by atoms with Gasteiger partial charge in [0.25, 0.3) is 0 Å². The number of hydrogen-bond donors (Lipinski definition) is 1. The molecule has 0 bridgehead atoms. The van der Waals surface area contributed by atoms with E-state index in [1.165, 1.54) is 89.9 Å². The standard InChI is InChI=1S/C20H39N/c1-3-5-7-9-11-13-15-17-19-21-20-18-16-14-12-10-8-6-4-2/h17-21H,3-16H2,1-2H3. The van der Waals surface area contributed by atoms with E-state index in [4.69, 9.17) is 0 Å². The van der Waals surface area contributed by atoms with Crippen LogP contribution in [0.25, 0.3) is 0 Å². The van der Waals surface area contributed by atoms with Crippen molar-refractivity contribution < 1.29 is 0 Å². The van der Waals surface area contributed by atoms with E-state index in [1.807, 2.05) is 0 Å². The van der Waals surface area contributed by atoms with Crippen LogP contribution < -0.4 is 5.32 Å². The van der Waals surface area contributed by atoms with Crippen LogP contribution in [0.3, 0.4) is 0 Å². The molecule has 0 radical (unpaired) electrons. The van der Waals surface area contributed by atoms with Crippen molar-refractivity contribution in [1.82, 2.24) is 5.32 Å². The number of unbranched alkanes of at least 4 members (excludes halogenated alkanes) is 12. The first-order valence-electron chi connectivity index (χ1n) is 9.47. The zero-order valence-electron chi connectivity index (χ0n) is 14.7. The van der Waals surface area contributed by atoms with Crippen molar-refractivity contribution in [3.05, 3.63) is 24.6 Å². The minimum atomic E-state index is 1.21. The van der Waals surface area contributed by atoms with Gasteiger partial charge in [0.2, 0.25) is 0 Å². The second-order valence-electron chi connectivity index (χ2n) is 6.08. The summed E-state index contributed by atoms with van der Waals surface area (Å²) in [7, 11) is 0. The van der Waals surface area contributed by atoms with Gasteiger partial charge in [-0.25, -0.2) is 0 Å². The van der Waals surface area contributed by atoms with Crippen LogP contribution in [0.15, 0.2) is 24.6 Å². The molecule has 0 fully saturated rings. The Kier molecular flexibility index (Phi) is 18.6. The van der Waals surface area contributed by atoms with Gasteiger partial charge < -0.3 is 5.32 Å². The van der Waals surface area contributed by atoms with Crippen LogP contribution in [0.2, 0.25) is 0 Å². The molecule has 124 valence electrons. The summed E-state index contributed by atoms with van der Waals surface area (Å²) in [5.41, 5.74) is 0. The Bertz CT molecular complexity index is 206. The van der Waals surface area contributed by atoms with Gasteiger partial charge in [0.1, 0.15) is 0 Å². The first-order valence-corrected chi connectivity index (χ1v) is 9.47. The lowest BCUT2D eigenvalue weighted by atomic mass is 10.1. The number of allylic oxidation sites excluding steroid dienone is 2. The average molecular weight is 294 g/mol. The molecule has 0 aliphatic rings. The first-order chi connectivity index (χ1) is 10.4. The van der Waals surface area contributed by atoms with Crippen LogP contribution >= 0.6 is 0 Å². The summed E-state index contributed by atoms with van der Waals surface area (Å²) in [6.45, 7) is 4.54. The molecule has 1 N–H and O–H groups in total. The van der Waals surface area contributed by atoms with Crippen molar-refractivity contribution in [1.29, 1.82) is 0 Å². The van der Waals surface area contributed by atoms with Crippen molar-refractivity contribution in [2.24, 2.45) is 0 Å². The fraction of sp³-hybridized carbons (Fsp3) is 0.800. The lowest BCUT2D eigenvalue weighted by molar-refractivity contribution is 0.610. The van der Waals surface area contributed by atoms with Gasteiger partial charge in [0, 0.05) is 0 Å². The van der Waals surface area contributed by atoms with Crippen LogP contribution in [-0.4, -0.2) is 0 Å². The Morgan fingerprint density at radius 1 is 0.524 bits per heavy atom. The van der Waals surface area contributed by atoms with Gasteiger partial charge in [-0.3, -0.25) is 0 Å². The summed E-state index contributed by atoms with van der Waals surface area (Å²) in [4.78, 5) is 0. The predicted octanol–water partition coefficient (Wildman–Crippen LogP) is 7.10. The highest BCUT2D eigenvalue weighted by Crippen LogP contribution is 2.07. The molecule has 0 saturated heterocycles. The number of rotatable bonds is 16. The molecule has 0 aromatic rings. The molecule has 0 heterocycles. The maximum atomic E-state index is 3.25. The third-order valence-electron chi connectivity index (χ3n) is 3.88. The van der Waals surface area contributed by atoms with Crippen molar-refractivity contribution in [3.63, 3.8) is 0 Å². The lowest BCUT2D eigenvalue weighted by Gasteiger charge is -1.98. The molecule has 0 aromatic carbocycles. The molecule has 0 atom stereocenters. The quantitative estimate of drug-likeness (QED) is 0.299. The van der Waals surface area contributed by atoms with Crippen LogP contribution in [0.1, 0.15) is 104 Å². The van der Waals surface area contributed by atoms with Gasteiger partial charge in [-0.15, -0.1) is 0 Å². The molecule has 1 heteroatoms. The van der Waals surface area contributed by atoms with Crippen molar-refractivity contribution >= 4 is 0 Å². The Hall–Kier alpha value is -0.720. The summed E-state index contributed by atoms with van der Waals surface area (Å²) < 4.78 is 0. The highest BCUT2D eigenvalue weighted by Gasteiger charge is 1.88. The predicted molar refractivity (Wildman–Crippen MR) is 97.4 cm³/mol. The second kappa shape index (κ2) is 19.3. The SMILES string of the molecule is CCCCCCCCC=CNC=CCCCCCCCC. The molecule has 21 heavy (non-hydrogen) atoms. The highest BCUT2D eigenvalue weighted by molar-refractivity contribution is 4.88. The lowest BCUT2D eigenvalue weighted by Crippen LogP contribution is -1.91. The molecule has 0 spiro atoms. The van der Waals surface area contributed by atoms with E-state index in [1.54, 1.807) is 0 Å². The summed E-state index contributed by atoms with van der Waals surface area (Å²) in [5.74, 6) is 0. The summed E-state index contributed by atoms with van der Waals surface area (Å²) in [5, 5.41) is 3.25. The van der Waals surface area contributed by atoms with Crippen LogP contribution in [0.4, 0.5) is 0 Å². The van der Waals surface area contributed by atoms with Crippen LogP contribution in [0, 0.1) is 0 Å². The Balaban J connectivity index is 3.14. The van der Waals surface area contributed by atoms with E-state index >= 15 is 0 Å². The topological polar surface area (TPSA) is 12.0 Å². The molecule has 0 aliphatic carbocycles. The van der Waals surface area contributed by atoms with Gasteiger partial charge >= 0.3 is 0 Å². The maximum absolute atomic E-state index is 3.25. The van der Waals surface area contributed by atoms with Gasteiger partial charge in [0.05, 0.1) is 0 Å². The van der Waals surface area contributed by atoms with E-state index < -0.39 is 0 Å². The first kappa shape index (κ1) is 20.3. The summed E-state index contributed by atoms with van der Waals surface area (Å²) >= 11 is 0. The molecule has 0 rings (SSSR count). The minimum Gasteiger partial charge on any atom is -0.368 e. The van der Waals surface area contributed by atoms with E-state index in [-0.39, 0.29) is 0 Å². The van der Waals surface area contributed by atoms with E-state index in [2.05, 4.69) is 43.7 Å². The Morgan fingerprint density at radius 3 is 1.33 bits per heavy atom. The molecule has 0 unspecified atom stereocenters. The number of hydrogen-bond acceptors (Lipinski definition) is 1. The van der Waals surface area contributed by atoms with Crippen LogP contribution in [-0.2, 0) is 0 Å². The fourth-order valence-electron chi connectivity index (χ4n) is 2.44. The van der Waals surface area contributed by atoms with E-state index in [0.717, 1.165) is 0 Å². The molecule has 1 nitrogen and oxygen atoms in total. The van der Waals surface area contributed by atoms with Gasteiger partial charge in [0.15, 0.2) is 0 Å². The molecular formula is C20H39N. The van der Waals surface area contributed by atoms with E-state index in [0.29, 0.717) is 0 Å². The fourth-order valence-corrected chi connectivity index (χ4v) is 2.44. The smallest absolute Gasteiger partial charge is 0.00358 e. The van der Waals surface area contributed by atoms with Gasteiger partial charge in [-0.05, 0) is 38.1 Å². The Morgan fingerprint density at radius 2 is 0.905 bits per heavy atom.